The Bertz CT molecular complexity index is 570. The maximum absolute atomic E-state index is 11.6. The Morgan fingerprint density at radius 2 is 2.10 bits per heavy atom. The molecule has 0 amide bonds. The summed E-state index contributed by atoms with van der Waals surface area (Å²) in [6.45, 7) is 2.12. The van der Waals surface area contributed by atoms with Crippen molar-refractivity contribution in [1.29, 1.82) is 0 Å². The van der Waals surface area contributed by atoms with Gasteiger partial charge in [0.25, 0.3) is 0 Å². The molecule has 1 aliphatic carbocycles. The number of sulfone groups is 1. The molecule has 20 heavy (non-hydrogen) atoms. The largest absolute Gasteiger partial charge is 0.356 e. The Morgan fingerprint density at radius 1 is 1.25 bits per heavy atom. The first kappa shape index (κ1) is 13.8. The molecule has 3 rings (SSSR count). The zero-order chi connectivity index (χ0) is 14.0. The molecule has 1 saturated carbocycles. The molecule has 110 valence electrons. The molecule has 1 N–H and O–H groups in total. The third-order valence-corrected chi connectivity index (χ3v) is 5.54. The molecule has 0 atom stereocenters. The smallest absolute Gasteiger partial charge is 0.152 e. The quantitative estimate of drug-likeness (QED) is 0.896. The molecule has 0 radical (unpaired) electrons. The minimum absolute atomic E-state index is 0.235. The summed E-state index contributed by atoms with van der Waals surface area (Å²) in [5.74, 6) is 1.43. The number of pyridine rings is 1. The zero-order valence-electron chi connectivity index (χ0n) is 11.6. The van der Waals surface area contributed by atoms with Crippen LogP contribution in [0.2, 0.25) is 0 Å². The number of rotatable bonds is 4. The molecule has 0 spiro atoms. The number of nitrogens with one attached hydrogen (secondary N) is 1. The van der Waals surface area contributed by atoms with Gasteiger partial charge in [-0.2, -0.15) is 0 Å². The van der Waals surface area contributed by atoms with E-state index in [1.165, 1.54) is 12.8 Å². The van der Waals surface area contributed by atoms with Gasteiger partial charge in [0.05, 0.1) is 17.2 Å². The second kappa shape index (κ2) is 5.69. The van der Waals surface area contributed by atoms with Crippen molar-refractivity contribution >= 4 is 15.7 Å². The van der Waals surface area contributed by atoms with E-state index >= 15 is 0 Å². The summed E-state index contributed by atoms with van der Waals surface area (Å²) < 4.78 is 23.3. The highest BCUT2D eigenvalue weighted by Gasteiger charge is 2.21. The lowest BCUT2D eigenvalue weighted by Crippen LogP contribution is -2.28. The van der Waals surface area contributed by atoms with E-state index in [0.29, 0.717) is 24.8 Å². The molecule has 1 saturated heterocycles. The van der Waals surface area contributed by atoms with Crippen LogP contribution < -0.4 is 10.2 Å². The first-order valence-electron chi connectivity index (χ1n) is 7.27. The number of hydrogen-bond donors (Lipinski definition) is 1. The highest BCUT2D eigenvalue weighted by molar-refractivity contribution is 7.91. The molecule has 6 heteroatoms. The number of aromatic nitrogens is 1. The van der Waals surface area contributed by atoms with Crippen molar-refractivity contribution in [2.45, 2.75) is 31.8 Å². The molecular weight excluding hydrogens is 274 g/mol. The van der Waals surface area contributed by atoms with E-state index in [2.05, 4.69) is 15.2 Å². The average Bonchev–Trinajstić information content (AvgIpc) is 3.24. The highest BCUT2D eigenvalue weighted by atomic mass is 32.2. The van der Waals surface area contributed by atoms with Gasteiger partial charge in [-0.3, -0.25) is 0 Å². The molecule has 1 aromatic heterocycles. The summed E-state index contributed by atoms with van der Waals surface area (Å²) in [6.07, 6.45) is 3.22. The van der Waals surface area contributed by atoms with Gasteiger partial charge >= 0.3 is 0 Å². The minimum atomic E-state index is -2.87. The summed E-state index contributed by atoms with van der Waals surface area (Å²) in [5, 5.41) is 3.45. The highest BCUT2D eigenvalue weighted by Crippen LogP contribution is 2.20. The average molecular weight is 295 g/mol. The van der Waals surface area contributed by atoms with E-state index in [4.69, 9.17) is 0 Å². The van der Waals surface area contributed by atoms with E-state index in [0.717, 1.165) is 24.6 Å². The van der Waals surface area contributed by atoms with Gasteiger partial charge in [0.15, 0.2) is 9.84 Å². The van der Waals surface area contributed by atoms with Gasteiger partial charge in [0.2, 0.25) is 0 Å². The third kappa shape index (κ3) is 3.70. The predicted octanol–water partition coefficient (Wildman–Crippen LogP) is 0.959. The summed E-state index contributed by atoms with van der Waals surface area (Å²) in [5.41, 5.74) is 1.03. The van der Waals surface area contributed by atoms with Crippen LogP contribution in [-0.2, 0) is 16.4 Å². The van der Waals surface area contributed by atoms with Crippen LogP contribution >= 0.6 is 0 Å². The maximum Gasteiger partial charge on any atom is 0.152 e. The van der Waals surface area contributed by atoms with Crippen LogP contribution in [0.25, 0.3) is 0 Å². The van der Waals surface area contributed by atoms with Crippen LogP contribution in [0.3, 0.4) is 0 Å². The van der Waals surface area contributed by atoms with Crippen molar-refractivity contribution in [2.24, 2.45) is 0 Å². The fourth-order valence-electron chi connectivity index (χ4n) is 2.45. The molecule has 5 nitrogen and oxygen atoms in total. The number of nitrogens with zero attached hydrogens (tertiary/aromatic N) is 2. The topological polar surface area (TPSA) is 62.3 Å². The molecule has 1 aliphatic heterocycles. The Morgan fingerprint density at radius 3 is 2.90 bits per heavy atom. The SMILES string of the molecule is O=S1(=O)CCCN(c2cccc(CNC3CC3)n2)CC1. The van der Waals surface area contributed by atoms with Gasteiger partial charge in [-0.15, -0.1) is 0 Å². The lowest BCUT2D eigenvalue weighted by molar-refractivity contribution is 0.597. The van der Waals surface area contributed by atoms with Gasteiger partial charge in [0, 0.05) is 25.7 Å². The second-order valence-corrected chi connectivity index (χ2v) is 7.94. The minimum Gasteiger partial charge on any atom is -0.356 e. The van der Waals surface area contributed by atoms with Crippen molar-refractivity contribution in [2.75, 3.05) is 29.5 Å². The monoisotopic (exact) mass is 295 g/mol. The summed E-state index contributed by atoms with van der Waals surface area (Å²) >= 11 is 0. The van der Waals surface area contributed by atoms with Gasteiger partial charge in [-0.05, 0) is 31.4 Å². The van der Waals surface area contributed by atoms with E-state index in [1.54, 1.807) is 0 Å². The van der Waals surface area contributed by atoms with E-state index in [-0.39, 0.29) is 5.75 Å². The summed E-state index contributed by atoms with van der Waals surface area (Å²) in [4.78, 5) is 6.74. The first-order chi connectivity index (χ1) is 9.62. The van der Waals surface area contributed by atoms with Crippen molar-refractivity contribution < 1.29 is 8.42 Å². The lowest BCUT2D eigenvalue weighted by atomic mass is 10.3. The molecular formula is C14H21N3O2S. The predicted molar refractivity (Wildman–Crippen MR) is 79.6 cm³/mol. The van der Waals surface area contributed by atoms with Crippen LogP contribution in [0.4, 0.5) is 5.82 Å². The zero-order valence-corrected chi connectivity index (χ0v) is 12.4. The Hall–Kier alpha value is -1.14. The molecule has 0 bridgehead atoms. The Balaban J connectivity index is 1.67. The molecule has 2 fully saturated rings. The van der Waals surface area contributed by atoms with Gasteiger partial charge in [0.1, 0.15) is 5.82 Å². The van der Waals surface area contributed by atoms with Crippen LogP contribution in [0.5, 0.6) is 0 Å². The van der Waals surface area contributed by atoms with Crippen LogP contribution in [0, 0.1) is 0 Å². The number of hydrogen-bond acceptors (Lipinski definition) is 5. The van der Waals surface area contributed by atoms with Gasteiger partial charge in [-0.1, -0.05) is 6.07 Å². The van der Waals surface area contributed by atoms with Crippen LogP contribution in [0.15, 0.2) is 18.2 Å². The van der Waals surface area contributed by atoms with Crippen molar-refractivity contribution in [1.82, 2.24) is 10.3 Å². The summed E-state index contributed by atoms with van der Waals surface area (Å²) in [7, 11) is -2.87. The fourth-order valence-corrected chi connectivity index (χ4v) is 3.72. The van der Waals surface area contributed by atoms with Crippen LogP contribution in [-0.4, -0.2) is 44.0 Å². The number of anilines is 1. The Labute approximate surface area is 120 Å². The normalized spacial score (nSPS) is 22.5. The molecule has 2 aliphatic rings. The second-order valence-electron chi connectivity index (χ2n) is 5.63. The van der Waals surface area contributed by atoms with Crippen molar-refractivity contribution in [3.8, 4) is 0 Å². The van der Waals surface area contributed by atoms with Crippen LogP contribution in [0.1, 0.15) is 25.0 Å². The molecule has 0 unspecified atom stereocenters. The molecule has 1 aromatic rings. The van der Waals surface area contributed by atoms with E-state index < -0.39 is 9.84 Å². The summed E-state index contributed by atoms with van der Waals surface area (Å²) in [6, 6.07) is 6.67. The third-order valence-electron chi connectivity index (χ3n) is 3.82. The fraction of sp³-hybridized carbons (Fsp3) is 0.643. The molecule has 2 heterocycles. The maximum atomic E-state index is 11.6. The standard InChI is InChI=1S/C14H21N3O2S/c18-20(19)9-2-7-17(8-10-20)14-4-1-3-13(16-14)11-15-12-5-6-12/h1,3-4,12,15H,2,5-11H2. The van der Waals surface area contributed by atoms with Crippen molar-refractivity contribution in [3.63, 3.8) is 0 Å². The van der Waals surface area contributed by atoms with Crippen molar-refractivity contribution in [3.05, 3.63) is 23.9 Å². The van der Waals surface area contributed by atoms with E-state index in [9.17, 15) is 8.42 Å². The van der Waals surface area contributed by atoms with E-state index in [1.807, 2.05) is 18.2 Å². The van der Waals surface area contributed by atoms with Gasteiger partial charge in [-0.25, -0.2) is 13.4 Å². The molecule has 0 aromatic carbocycles. The van der Waals surface area contributed by atoms with Gasteiger partial charge < -0.3 is 10.2 Å². The lowest BCUT2D eigenvalue weighted by Gasteiger charge is -2.21. The first-order valence-corrected chi connectivity index (χ1v) is 9.09. The Kier molecular flexibility index (Phi) is 3.94.